The van der Waals surface area contributed by atoms with Crippen LogP contribution in [0.5, 0.6) is 0 Å². The Balaban J connectivity index is 2.16. The summed E-state index contributed by atoms with van der Waals surface area (Å²) >= 11 is 0. The summed E-state index contributed by atoms with van der Waals surface area (Å²) in [5.41, 5.74) is 8.02. The van der Waals surface area contributed by atoms with E-state index in [1.54, 1.807) is 6.20 Å². The molecular formula is C15H20N4. The lowest BCUT2D eigenvalue weighted by molar-refractivity contribution is 0.724. The molecule has 2 aromatic heterocycles. The molecule has 2 rings (SSSR count). The minimum Gasteiger partial charge on any atom is -0.352 e. The van der Waals surface area contributed by atoms with Crippen LogP contribution in [0.15, 0.2) is 42.9 Å². The molecular weight excluding hydrogens is 236 g/mol. The Kier molecular flexibility index (Phi) is 4.86. The normalized spacial score (nSPS) is 10.4. The summed E-state index contributed by atoms with van der Waals surface area (Å²) in [6, 6.07) is 8.15. The summed E-state index contributed by atoms with van der Waals surface area (Å²) < 4.78 is 0. The predicted octanol–water partition coefficient (Wildman–Crippen LogP) is 2.14. The van der Waals surface area contributed by atoms with Crippen LogP contribution in [-0.4, -0.2) is 23.1 Å². The number of nitrogens with two attached hydrogens (primary N) is 1. The minimum absolute atomic E-state index is 0.690. The number of aromatic nitrogens is 2. The highest BCUT2D eigenvalue weighted by Gasteiger charge is 2.08. The summed E-state index contributed by atoms with van der Waals surface area (Å²) in [5.74, 6) is 0.998. The molecule has 19 heavy (non-hydrogen) atoms. The van der Waals surface area contributed by atoms with E-state index in [0.29, 0.717) is 6.54 Å². The first-order valence-electron chi connectivity index (χ1n) is 6.56. The van der Waals surface area contributed by atoms with Gasteiger partial charge in [-0.1, -0.05) is 6.07 Å². The van der Waals surface area contributed by atoms with E-state index in [4.69, 9.17) is 5.73 Å². The molecule has 0 spiro atoms. The topological polar surface area (TPSA) is 55.0 Å². The van der Waals surface area contributed by atoms with Crippen molar-refractivity contribution in [2.45, 2.75) is 19.9 Å². The van der Waals surface area contributed by atoms with E-state index in [0.717, 1.165) is 25.3 Å². The van der Waals surface area contributed by atoms with Gasteiger partial charge in [-0.05, 0) is 49.2 Å². The second-order valence-electron chi connectivity index (χ2n) is 4.62. The number of rotatable bonds is 6. The van der Waals surface area contributed by atoms with Gasteiger partial charge in [0.15, 0.2) is 0 Å². The second kappa shape index (κ2) is 6.85. The van der Waals surface area contributed by atoms with Gasteiger partial charge in [0.05, 0.1) is 0 Å². The van der Waals surface area contributed by atoms with E-state index in [1.165, 1.54) is 11.1 Å². The number of anilines is 1. The first kappa shape index (κ1) is 13.5. The maximum Gasteiger partial charge on any atom is 0.129 e. The van der Waals surface area contributed by atoms with Crippen molar-refractivity contribution in [1.29, 1.82) is 0 Å². The molecule has 0 saturated heterocycles. The molecule has 0 aliphatic rings. The van der Waals surface area contributed by atoms with Crippen LogP contribution in [-0.2, 0) is 6.54 Å². The Morgan fingerprint density at radius 3 is 2.84 bits per heavy atom. The molecule has 0 saturated carbocycles. The van der Waals surface area contributed by atoms with E-state index in [2.05, 4.69) is 33.9 Å². The minimum atomic E-state index is 0.690. The molecule has 2 heterocycles. The molecule has 0 amide bonds. The van der Waals surface area contributed by atoms with Crippen molar-refractivity contribution in [3.05, 3.63) is 54.0 Å². The smallest absolute Gasteiger partial charge is 0.129 e. The molecule has 4 nitrogen and oxygen atoms in total. The van der Waals surface area contributed by atoms with Gasteiger partial charge in [-0.3, -0.25) is 4.98 Å². The number of nitrogens with zero attached hydrogens (tertiary/aromatic N) is 3. The van der Waals surface area contributed by atoms with Crippen molar-refractivity contribution >= 4 is 5.82 Å². The Morgan fingerprint density at radius 1 is 1.26 bits per heavy atom. The number of aryl methyl sites for hydroxylation is 1. The van der Waals surface area contributed by atoms with Gasteiger partial charge in [0.1, 0.15) is 5.82 Å². The van der Waals surface area contributed by atoms with Crippen LogP contribution in [0, 0.1) is 6.92 Å². The van der Waals surface area contributed by atoms with Gasteiger partial charge < -0.3 is 10.6 Å². The van der Waals surface area contributed by atoms with Gasteiger partial charge in [-0.15, -0.1) is 0 Å². The zero-order chi connectivity index (χ0) is 13.5. The van der Waals surface area contributed by atoms with Gasteiger partial charge >= 0.3 is 0 Å². The zero-order valence-corrected chi connectivity index (χ0v) is 11.3. The van der Waals surface area contributed by atoms with E-state index in [-0.39, 0.29) is 0 Å². The Bertz CT molecular complexity index is 499. The number of pyridine rings is 2. The highest BCUT2D eigenvalue weighted by molar-refractivity contribution is 5.41. The Morgan fingerprint density at radius 2 is 2.16 bits per heavy atom. The van der Waals surface area contributed by atoms with Crippen LogP contribution in [0.2, 0.25) is 0 Å². The Hall–Kier alpha value is -1.94. The van der Waals surface area contributed by atoms with Crippen molar-refractivity contribution < 1.29 is 0 Å². The SMILES string of the molecule is Cc1ccnc(N(CCCN)Cc2cccnc2)c1. The van der Waals surface area contributed by atoms with Crippen LogP contribution in [0.3, 0.4) is 0 Å². The molecule has 0 aromatic carbocycles. The van der Waals surface area contributed by atoms with Gasteiger partial charge in [0.25, 0.3) is 0 Å². The van der Waals surface area contributed by atoms with Gasteiger partial charge in [0, 0.05) is 31.7 Å². The van der Waals surface area contributed by atoms with E-state index in [9.17, 15) is 0 Å². The molecule has 0 fully saturated rings. The third-order valence-electron chi connectivity index (χ3n) is 2.95. The van der Waals surface area contributed by atoms with Crippen molar-refractivity contribution in [3.8, 4) is 0 Å². The van der Waals surface area contributed by atoms with Crippen molar-refractivity contribution in [2.24, 2.45) is 5.73 Å². The van der Waals surface area contributed by atoms with Crippen LogP contribution in [0.1, 0.15) is 17.5 Å². The summed E-state index contributed by atoms with van der Waals surface area (Å²) in [6.07, 6.45) is 6.49. The van der Waals surface area contributed by atoms with E-state index >= 15 is 0 Å². The van der Waals surface area contributed by atoms with Crippen LogP contribution >= 0.6 is 0 Å². The standard InChI is InChI=1S/C15H20N4/c1-13-5-8-18-15(10-13)19(9-3-6-16)12-14-4-2-7-17-11-14/h2,4-5,7-8,10-11H,3,6,9,12,16H2,1H3. The fourth-order valence-corrected chi connectivity index (χ4v) is 1.96. The Labute approximate surface area is 114 Å². The average Bonchev–Trinajstić information content (AvgIpc) is 2.44. The largest absolute Gasteiger partial charge is 0.352 e. The average molecular weight is 256 g/mol. The fraction of sp³-hybridized carbons (Fsp3) is 0.333. The maximum atomic E-state index is 5.62. The van der Waals surface area contributed by atoms with Crippen molar-refractivity contribution in [3.63, 3.8) is 0 Å². The molecule has 0 unspecified atom stereocenters. The molecule has 0 aliphatic heterocycles. The molecule has 0 radical (unpaired) electrons. The monoisotopic (exact) mass is 256 g/mol. The van der Waals surface area contributed by atoms with Gasteiger partial charge in [-0.2, -0.15) is 0 Å². The quantitative estimate of drug-likeness (QED) is 0.860. The molecule has 0 bridgehead atoms. The number of hydrogen-bond donors (Lipinski definition) is 1. The summed E-state index contributed by atoms with van der Waals surface area (Å²) in [4.78, 5) is 10.9. The summed E-state index contributed by atoms with van der Waals surface area (Å²) in [6.45, 7) is 4.48. The first-order chi connectivity index (χ1) is 9.29. The van der Waals surface area contributed by atoms with Crippen LogP contribution in [0.25, 0.3) is 0 Å². The highest BCUT2D eigenvalue weighted by atomic mass is 15.2. The third kappa shape index (κ3) is 4.03. The zero-order valence-electron chi connectivity index (χ0n) is 11.3. The molecule has 4 heteroatoms. The van der Waals surface area contributed by atoms with Gasteiger partial charge in [-0.25, -0.2) is 4.98 Å². The van der Waals surface area contributed by atoms with Crippen LogP contribution < -0.4 is 10.6 Å². The molecule has 2 aromatic rings. The molecule has 0 aliphatic carbocycles. The lowest BCUT2D eigenvalue weighted by Gasteiger charge is -2.23. The summed E-state index contributed by atoms with van der Waals surface area (Å²) in [7, 11) is 0. The lowest BCUT2D eigenvalue weighted by Crippen LogP contribution is -2.26. The van der Waals surface area contributed by atoms with Crippen molar-refractivity contribution in [2.75, 3.05) is 18.0 Å². The van der Waals surface area contributed by atoms with Crippen LogP contribution in [0.4, 0.5) is 5.82 Å². The lowest BCUT2D eigenvalue weighted by atomic mass is 10.2. The highest BCUT2D eigenvalue weighted by Crippen LogP contribution is 2.15. The van der Waals surface area contributed by atoms with Crippen molar-refractivity contribution in [1.82, 2.24) is 9.97 Å². The van der Waals surface area contributed by atoms with Gasteiger partial charge in [0.2, 0.25) is 0 Å². The second-order valence-corrected chi connectivity index (χ2v) is 4.62. The first-order valence-corrected chi connectivity index (χ1v) is 6.56. The predicted molar refractivity (Wildman–Crippen MR) is 77.9 cm³/mol. The maximum absolute atomic E-state index is 5.62. The molecule has 100 valence electrons. The third-order valence-corrected chi connectivity index (χ3v) is 2.95. The van der Waals surface area contributed by atoms with E-state index in [1.807, 2.05) is 24.5 Å². The summed E-state index contributed by atoms with van der Waals surface area (Å²) in [5, 5.41) is 0. The fourth-order valence-electron chi connectivity index (χ4n) is 1.96. The number of hydrogen-bond acceptors (Lipinski definition) is 4. The molecule has 2 N–H and O–H groups in total. The molecule has 0 atom stereocenters. The van der Waals surface area contributed by atoms with E-state index < -0.39 is 0 Å².